The van der Waals surface area contributed by atoms with E-state index in [4.69, 9.17) is 18.9 Å². The van der Waals surface area contributed by atoms with Crippen LogP contribution in [0.5, 0.6) is 0 Å². The highest BCUT2D eigenvalue weighted by molar-refractivity contribution is 5.13. The zero-order valence-electron chi connectivity index (χ0n) is 13.1. The quantitative estimate of drug-likeness (QED) is 0.815. The maximum Gasteiger partial charge on any atom is 0.187 e. The number of hydrogen-bond acceptors (Lipinski definition) is 5. The van der Waals surface area contributed by atoms with Gasteiger partial charge in [0.25, 0.3) is 0 Å². The number of fused-ring (bicyclic) bond motifs is 1. The maximum absolute atomic E-state index is 9.48. The Bertz CT molecular complexity index is 475. The molecule has 1 N–H and O–H groups in total. The number of hydrogen-bond donors (Lipinski definition) is 1. The zero-order valence-corrected chi connectivity index (χ0v) is 13.1. The van der Waals surface area contributed by atoms with E-state index in [-0.39, 0.29) is 31.0 Å². The van der Waals surface area contributed by atoms with Crippen molar-refractivity contribution in [2.75, 3.05) is 13.2 Å². The molecular weight excluding hydrogens is 284 g/mol. The lowest BCUT2D eigenvalue weighted by molar-refractivity contribution is -0.214. The summed E-state index contributed by atoms with van der Waals surface area (Å²) in [6.07, 6.45) is 0.0174. The molecule has 4 unspecified atom stereocenters. The Morgan fingerprint density at radius 1 is 1.18 bits per heavy atom. The van der Waals surface area contributed by atoms with Crippen molar-refractivity contribution in [2.24, 2.45) is 5.92 Å². The molecule has 0 saturated carbocycles. The highest BCUT2D eigenvalue weighted by Crippen LogP contribution is 2.41. The summed E-state index contributed by atoms with van der Waals surface area (Å²) < 4.78 is 23.1. The van der Waals surface area contributed by atoms with E-state index in [9.17, 15) is 5.11 Å². The number of benzene rings is 1. The van der Waals surface area contributed by atoms with Crippen molar-refractivity contribution in [2.45, 2.75) is 51.2 Å². The molecule has 22 heavy (non-hydrogen) atoms. The molecule has 2 aliphatic rings. The fraction of sp³-hybridized carbons (Fsp3) is 0.647. The van der Waals surface area contributed by atoms with Crippen LogP contribution in [0, 0.1) is 5.92 Å². The molecular formula is C17H24O5. The summed E-state index contributed by atoms with van der Waals surface area (Å²) in [7, 11) is 0. The summed E-state index contributed by atoms with van der Waals surface area (Å²) >= 11 is 0. The van der Waals surface area contributed by atoms with Crippen LogP contribution < -0.4 is 0 Å². The van der Waals surface area contributed by atoms with E-state index in [0.717, 1.165) is 12.0 Å². The minimum absolute atomic E-state index is 0.0243. The van der Waals surface area contributed by atoms with Crippen molar-refractivity contribution in [3.05, 3.63) is 35.9 Å². The average Bonchev–Trinajstić information content (AvgIpc) is 2.96. The lowest BCUT2D eigenvalue weighted by Gasteiger charge is -2.24. The van der Waals surface area contributed by atoms with Crippen molar-refractivity contribution in [1.29, 1.82) is 0 Å². The molecule has 2 heterocycles. The number of aliphatic hydroxyl groups is 1. The molecule has 4 atom stereocenters. The molecule has 3 rings (SSSR count). The Kier molecular flexibility index (Phi) is 4.80. The molecule has 0 aromatic heterocycles. The van der Waals surface area contributed by atoms with Crippen molar-refractivity contribution < 1.29 is 24.1 Å². The topological polar surface area (TPSA) is 57.2 Å². The van der Waals surface area contributed by atoms with Gasteiger partial charge >= 0.3 is 0 Å². The summed E-state index contributed by atoms with van der Waals surface area (Å²) in [5.41, 5.74) is 1.16. The molecule has 1 aromatic rings. The first-order chi connectivity index (χ1) is 10.6. The molecule has 2 saturated heterocycles. The summed E-state index contributed by atoms with van der Waals surface area (Å²) in [6, 6.07) is 10.1. The van der Waals surface area contributed by atoms with Crippen LogP contribution in [0.4, 0.5) is 0 Å². The molecule has 1 aromatic carbocycles. The van der Waals surface area contributed by atoms with Crippen molar-refractivity contribution in [3.8, 4) is 0 Å². The van der Waals surface area contributed by atoms with Crippen molar-refractivity contribution in [3.63, 3.8) is 0 Å². The van der Waals surface area contributed by atoms with Gasteiger partial charge in [-0.15, -0.1) is 0 Å². The average molecular weight is 308 g/mol. The van der Waals surface area contributed by atoms with Gasteiger partial charge in [0.1, 0.15) is 6.10 Å². The molecule has 122 valence electrons. The second-order valence-corrected chi connectivity index (χ2v) is 6.32. The fourth-order valence-corrected chi connectivity index (χ4v) is 3.15. The van der Waals surface area contributed by atoms with Gasteiger partial charge < -0.3 is 24.1 Å². The van der Waals surface area contributed by atoms with Crippen molar-refractivity contribution in [1.82, 2.24) is 0 Å². The summed E-state index contributed by atoms with van der Waals surface area (Å²) in [5.74, 6) is -0.536. The third kappa shape index (κ3) is 3.50. The van der Waals surface area contributed by atoms with Crippen LogP contribution >= 0.6 is 0 Å². The van der Waals surface area contributed by atoms with Crippen LogP contribution in [0.25, 0.3) is 0 Å². The Morgan fingerprint density at radius 3 is 2.68 bits per heavy atom. The van der Waals surface area contributed by atoms with Gasteiger partial charge in [-0.3, -0.25) is 0 Å². The smallest absolute Gasteiger partial charge is 0.187 e. The molecule has 0 spiro atoms. The van der Waals surface area contributed by atoms with Gasteiger partial charge in [0.2, 0.25) is 0 Å². The summed E-state index contributed by atoms with van der Waals surface area (Å²) in [5, 5.41) is 9.48. The normalized spacial score (nSPS) is 33.0. The van der Waals surface area contributed by atoms with Gasteiger partial charge in [0.15, 0.2) is 12.1 Å². The van der Waals surface area contributed by atoms with Crippen LogP contribution in [0.3, 0.4) is 0 Å². The largest absolute Gasteiger partial charge is 0.394 e. The summed E-state index contributed by atoms with van der Waals surface area (Å²) in [6.45, 7) is 4.93. The van der Waals surface area contributed by atoms with Crippen LogP contribution in [-0.4, -0.2) is 42.6 Å². The second kappa shape index (κ2) is 6.64. The predicted octanol–water partition coefficient (Wildman–Crippen LogP) is 2.08. The SMILES string of the molecule is CC1(C)OC2OC(CO)C(CCOCc3ccccc3)C2O1. The minimum atomic E-state index is -0.626. The number of rotatable bonds is 6. The summed E-state index contributed by atoms with van der Waals surface area (Å²) in [4.78, 5) is 0. The molecule has 2 aliphatic heterocycles. The number of ether oxygens (including phenoxy) is 4. The Labute approximate surface area is 131 Å². The van der Waals surface area contributed by atoms with E-state index < -0.39 is 5.79 Å². The van der Waals surface area contributed by atoms with Gasteiger partial charge in [-0.2, -0.15) is 0 Å². The maximum atomic E-state index is 9.48. The van der Waals surface area contributed by atoms with E-state index in [2.05, 4.69) is 0 Å². The predicted molar refractivity (Wildman–Crippen MR) is 80.0 cm³/mol. The molecule has 5 nitrogen and oxygen atoms in total. The molecule has 0 aliphatic carbocycles. The van der Waals surface area contributed by atoms with E-state index >= 15 is 0 Å². The van der Waals surface area contributed by atoms with Gasteiger partial charge in [-0.05, 0) is 25.8 Å². The Balaban J connectivity index is 1.50. The lowest BCUT2D eigenvalue weighted by Crippen LogP contribution is -2.32. The fourth-order valence-electron chi connectivity index (χ4n) is 3.15. The minimum Gasteiger partial charge on any atom is -0.394 e. The van der Waals surface area contributed by atoms with Gasteiger partial charge in [-0.25, -0.2) is 0 Å². The van der Waals surface area contributed by atoms with Crippen LogP contribution in [0.1, 0.15) is 25.8 Å². The van der Waals surface area contributed by atoms with Crippen molar-refractivity contribution >= 4 is 0 Å². The molecule has 5 heteroatoms. The molecule has 2 fully saturated rings. The van der Waals surface area contributed by atoms with Gasteiger partial charge in [-0.1, -0.05) is 30.3 Å². The Morgan fingerprint density at radius 2 is 1.95 bits per heavy atom. The van der Waals surface area contributed by atoms with E-state index in [0.29, 0.717) is 13.2 Å². The van der Waals surface area contributed by atoms with Gasteiger partial charge in [0.05, 0.1) is 19.3 Å². The van der Waals surface area contributed by atoms with Crippen LogP contribution in [-0.2, 0) is 25.6 Å². The number of aliphatic hydroxyl groups excluding tert-OH is 1. The third-order valence-electron chi connectivity index (χ3n) is 4.18. The van der Waals surface area contributed by atoms with Gasteiger partial charge in [0, 0.05) is 12.5 Å². The lowest BCUT2D eigenvalue weighted by atomic mass is 9.95. The van der Waals surface area contributed by atoms with E-state index in [1.165, 1.54) is 0 Å². The van der Waals surface area contributed by atoms with E-state index in [1.807, 2.05) is 44.2 Å². The first kappa shape index (κ1) is 15.9. The first-order valence-corrected chi connectivity index (χ1v) is 7.83. The highest BCUT2D eigenvalue weighted by Gasteiger charge is 2.53. The molecule has 0 bridgehead atoms. The standard InChI is InChI=1S/C17H24O5/c1-17(2)21-15-13(14(10-18)20-16(15)22-17)8-9-19-11-12-6-4-3-5-7-12/h3-7,13-16,18H,8-11H2,1-2H3. The molecule has 0 amide bonds. The highest BCUT2D eigenvalue weighted by atomic mass is 16.8. The Hall–Kier alpha value is -0.980. The monoisotopic (exact) mass is 308 g/mol. The van der Waals surface area contributed by atoms with Crippen LogP contribution in [0.15, 0.2) is 30.3 Å². The van der Waals surface area contributed by atoms with E-state index in [1.54, 1.807) is 0 Å². The molecule has 0 radical (unpaired) electrons. The first-order valence-electron chi connectivity index (χ1n) is 7.83. The van der Waals surface area contributed by atoms with Crippen LogP contribution in [0.2, 0.25) is 0 Å². The third-order valence-corrected chi connectivity index (χ3v) is 4.18. The second-order valence-electron chi connectivity index (χ2n) is 6.32. The zero-order chi connectivity index (χ0) is 15.6.